The molecule has 9 heteroatoms. The van der Waals surface area contributed by atoms with Crippen LogP contribution in [-0.2, 0) is 16.1 Å². The molecule has 0 aliphatic rings. The fourth-order valence-electron chi connectivity index (χ4n) is 2.69. The molecule has 1 amide bonds. The summed E-state index contributed by atoms with van der Waals surface area (Å²) >= 11 is 1.28. The van der Waals surface area contributed by atoms with E-state index in [0.717, 1.165) is 10.2 Å². The number of halogens is 1. The first kappa shape index (κ1) is 22.5. The topological polar surface area (TPSA) is 101 Å². The van der Waals surface area contributed by atoms with Gasteiger partial charge in [-0.15, -0.1) is 17.0 Å². The second kappa shape index (κ2) is 9.62. The van der Waals surface area contributed by atoms with Crippen LogP contribution in [0.2, 0.25) is 0 Å². The first-order chi connectivity index (χ1) is 13.4. The predicted octanol–water partition coefficient (Wildman–Crippen LogP) is 3.57. The Morgan fingerprint density at radius 3 is 2.45 bits per heavy atom. The van der Waals surface area contributed by atoms with Gasteiger partial charge in [-0.2, -0.15) is 0 Å². The van der Waals surface area contributed by atoms with Crippen molar-refractivity contribution in [2.24, 2.45) is 0 Å². The van der Waals surface area contributed by atoms with E-state index in [9.17, 15) is 14.4 Å². The van der Waals surface area contributed by atoms with Gasteiger partial charge in [0.1, 0.15) is 5.75 Å². The minimum atomic E-state index is -0.670. The fourth-order valence-corrected chi connectivity index (χ4v) is 3.63. The van der Waals surface area contributed by atoms with E-state index in [4.69, 9.17) is 10.1 Å². The molecular weight excluding hydrogens is 458 g/mol. The Bertz CT molecular complexity index is 1120. The van der Waals surface area contributed by atoms with E-state index in [-0.39, 0.29) is 40.5 Å². The zero-order valence-corrected chi connectivity index (χ0v) is 18.4. The van der Waals surface area contributed by atoms with E-state index in [2.05, 4.69) is 5.32 Å². The molecule has 2 N–H and O–H groups in total. The van der Waals surface area contributed by atoms with Crippen molar-refractivity contribution in [3.8, 4) is 5.75 Å². The summed E-state index contributed by atoms with van der Waals surface area (Å²) in [5.74, 6) is -0.625. The Morgan fingerprint density at radius 2 is 1.83 bits per heavy atom. The smallest absolute Gasteiger partial charge is 0.291 e. The number of anilines is 1. The second-order valence-corrected chi connectivity index (χ2v) is 7.09. The Labute approximate surface area is 181 Å². The Hall–Kier alpha value is -2.78. The Morgan fingerprint density at radius 1 is 1.14 bits per heavy atom. The van der Waals surface area contributed by atoms with Gasteiger partial charge in [0, 0.05) is 17.7 Å². The lowest BCUT2D eigenvalue weighted by Crippen LogP contribution is -2.22. The van der Waals surface area contributed by atoms with Gasteiger partial charge in [0.05, 0.1) is 23.9 Å². The molecule has 0 saturated carbocycles. The van der Waals surface area contributed by atoms with Crippen LogP contribution in [0.1, 0.15) is 23.7 Å². The summed E-state index contributed by atoms with van der Waals surface area (Å²) < 4.78 is 7.72. The number of carbonyl (C=O) groups excluding carboxylic acids is 3. The molecule has 0 aliphatic heterocycles. The number of thiazole rings is 1. The molecule has 0 spiro atoms. The predicted molar refractivity (Wildman–Crippen MR) is 117 cm³/mol. The van der Waals surface area contributed by atoms with Gasteiger partial charge >= 0.3 is 0 Å². The molecular formula is C20H20BrN3O4S. The number of ketones is 2. The zero-order valence-electron chi connectivity index (χ0n) is 15.9. The summed E-state index contributed by atoms with van der Waals surface area (Å²) in [6.07, 6.45) is 0.134. The fraction of sp³-hybridized carbons (Fsp3) is 0.200. The lowest BCUT2D eigenvalue weighted by Gasteiger charge is -2.07. The number of amides is 1. The van der Waals surface area contributed by atoms with Crippen molar-refractivity contribution in [2.45, 2.75) is 19.9 Å². The summed E-state index contributed by atoms with van der Waals surface area (Å²) in [6, 6.07) is 11.8. The molecule has 29 heavy (non-hydrogen) atoms. The Balaban J connectivity index is 0.00000300. The van der Waals surface area contributed by atoms with Crippen molar-refractivity contribution in [3.05, 3.63) is 52.8 Å². The number of carbonyl (C=O) groups is 3. The van der Waals surface area contributed by atoms with Crippen LogP contribution in [0.3, 0.4) is 0 Å². The molecule has 0 bridgehead atoms. The third-order valence-electron chi connectivity index (χ3n) is 4.25. The summed E-state index contributed by atoms with van der Waals surface area (Å²) in [7, 11) is 1.58. The van der Waals surface area contributed by atoms with Crippen LogP contribution in [0, 0.1) is 5.41 Å². The number of fused-ring (bicyclic) bond motifs is 1. The van der Waals surface area contributed by atoms with Crippen molar-refractivity contribution in [2.75, 3.05) is 12.4 Å². The molecule has 2 aromatic carbocycles. The standard InChI is InChI=1S/C20H19N3O4S.BrH/c1-3-16(24)19(26)22-13-6-4-12(5-7-13)17(25)11-23-15-9-8-14(27-2)10-18(15)28-20(23)21;/h4-10,21H,3,11H2,1-2H3,(H,22,26);1H. The number of benzene rings is 2. The first-order valence-electron chi connectivity index (χ1n) is 8.62. The van der Waals surface area contributed by atoms with Crippen LogP contribution < -0.4 is 14.9 Å². The maximum absolute atomic E-state index is 12.7. The third kappa shape index (κ3) is 4.99. The van der Waals surface area contributed by atoms with E-state index in [1.807, 2.05) is 12.1 Å². The maximum Gasteiger partial charge on any atom is 0.291 e. The highest BCUT2D eigenvalue weighted by Crippen LogP contribution is 2.23. The molecule has 0 atom stereocenters. The molecule has 0 saturated heterocycles. The van der Waals surface area contributed by atoms with Gasteiger partial charge in [-0.1, -0.05) is 18.3 Å². The normalized spacial score (nSPS) is 10.3. The van der Waals surface area contributed by atoms with Crippen molar-refractivity contribution >= 4 is 61.7 Å². The molecule has 3 aromatic rings. The van der Waals surface area contributed by atoms with E-state index < -0.39 is 11.7 Å². The lowest BCUT2D eigenvalue weighted by molar-refractivity contribution is -0.134. The third-order valence-corrected chi connectivity index (χ3v) is 5.21. The van der Waals surface area contributed by atoms with Crippen molar-refractivity contribution in [1.82, 2.24) is 4.57 Å². The average Bonchev–Trinajstić information content (AvgIpc) is 3.01. The molecule has 152 valence electrons. The van der Waals surface area contributed by atoms with Crippen LogP contribution in [0.25, 0.3) is 10.2 Å². The van der Waals surface area contributed by atoms with Gasteiger partial charge in [0.2, 0.25) is 5.78 Å². The van der Waals surface area contributed by atoms with Crippen LogP contribution in [0.5, 0.6) is 5.75 Å². The van der Waals surface area contributed by atoms with E-state index >= 15 is 0 Å². The number of aromatic nitrogens is 1. The van der Waals surface area contributed by atoms with Crippen LogP contribution in [0.4, 0.5) is 5.69 Å². The van der Waals surface area contributed by atoms with Gasteiger partial charge in [-0.3, -0.25) is 19.8 Å². The maximum atomic E-state index is 12.7. The molecule has 0 radical (unpaired) electrons. The van der Waals surface area contributed by atoms with Gasteiger partial charge in [0.25, 0.3) is 5.91 Å². The van der Waals surface area contributed by atoms with Crippen LogP contribution in [-0.4, -0.2) is 29.2 Å². The largest absolute Gasteiger partial charge is 0.497 e. The van der Waals surface area contributed by atoms with E-state index in [0.29, 0.717) is 17.0 Å². The molecule has 0 aliphatic carbocycles. The average molecular weight is 478 g/mol. The number of nitrogens with one attached hydrogen (secondary N) is 2. The van der Waals surface area contributed by atoms with Crippen LogP contribution >= 0.6 is 28.3 Å². The number of ether oxygens (including phenoxy) is 1. The first-order valence-corrected chi connectivity index (χ1v) is 9.44. The highest BCUT2D eigenvalue weighted by Gasteiger charge is 2.14. The molecule has 0 fully saturated rings. The van der Waals surface area contributed by atoms with E-state index in [1.165, 1.54) is 11.3 Å². The SMILES string of the molecule is Br.CCC(=O)C(=O)Nc1ccc(C(=O)Cn2c(=N)sc3cc(OC)ccc32)cc1. The van der Waals surface area contributed by atoms with Crippen molar-refractivity contribution in [3.63, 3.8) is 0 Å². The molecule has 1 aromatic heterocycles. The lowest BCUT2D eigenvalue weighted by atomic mass is 10.1. The summed E-state index contributed by atoms with van der Waals surface area (Å²) in [5, 5.41) is 10.7. The van der Waals surface area contributed by atoms with Crippen LogP contribution in [0.15, 0.2) is 42.5 Å². The number of nitrogens with zero attached hydrogens (tertiary/aromatic N) is 1. The monoisotopic (exact) mass is 477 g/mol. The summed E-state index contributed by atoms with van der Waals surface area (Å²) in [6.45, 7) is 1.65. The highest BCUT2D eigenvalue weighted by atomic mass is 79.9. The quantitative estimate of drug-likeness (QED) is 0.401. The number of methoxy groups -OCH3 is 1. The highest BCUT2D eigenvalue weighted by molar-refractivity contribution is 8.93. The van der Waals surface area contributed by atoms with Gasteiger partial charge in [-0.05, 0) is 42.5 Å². The Kier molecular flexibility index (Phi) is 7.46. The second-order valence-electron chi connectivity index (χ2n) is 6.06. The molecule has 1 heterocycles. The minimum absolute atomic E-state index is 0. The molecule has 7 nitrogen and oxygen atoms in total. The van der Waals surface area contributed by atoms with Gasteiger partial charge in [-0.25, -0.2) is 0 Å². The minimum Gasteiger partial charge on any atom is -0.497 e. The zero-order chi connectivity index (χ0) is 20.3. The summed E-state index contributed by atoms with van der Waals surface area (Å²) in [4.78, 5) is 35.9. The van der Waals surface area contributed by atoms with E-state index in [1.54, 1.807) is 48.9 Å². The van der Waals surface area contributed by atoms with Gasteiger partial charge < -0.3 is 14.6 Å². The van der Waals surface area contributed by atoms with Gasteiger partial charge in [0.15, 0.2) is 10.6 Å². The molecule has 3 rings (SSSR count). The number of rotatable bonds is 7. The summed E-state index contributed by atoms with van der Waals surface area (Å²) in [5.41, 5.74) is 1.70. The number of hydrogen-bond donors (Lipinski definition) is 2. The number of hydrogen-bond acceptors (Lipinski definition) is 6. The van der Waals surface area contributed by atoms with Crippen molar-refractivity contribution < 1.29 is 19.1 Å². The number of Topliss-reactive ketones (excluding diaryl/α,β-unsaturated/α-hetero) is 2. The molecule has 0 unspecified atom stereocenters. The van der Waals surface area contributed by atoms with Crippen molar-refractivity contribution in [1.29, 1.82) is 5.41 Å².